The van der Waals surface area contributed by atoms with Gasteiger partial charge in [0.15, 0.2) is 0 Å². The van der Waals surface area contributed by atoms with E-state index in [9.17, 15) is 14.7 Å². The molecule has 0 atom stereocenters. The third-order valence-corrected chi connectivity index (χ3v) is 12.0. The van der Waals surface area contributed by atoms with E-state index in [1.54, 1.807) is 0 Å². The first-order chi connectivity index (χ1) is 26.5. The summed E-state index contributed by atoms with van der Waals surface area (Å²) in [6.07, 6.45) is 42.4. The van der Waals surface area contributed by atoms with Gasteiger partial charge in [0.25, 0.3) is 0 Å². The molecular weight excluding hydrogens is 671 g/mol. The van der Waals surface area contributed by atoms with Crippen molar-refractivity contribution in [2.45, 2.75) is 258 Å². The highest BCUT2D eigenvalue weighted by Crippen LogP contribution is 2.53. The number of nitrogens with zero attached hydrogens (tertiary/aromatic N) is 1. The van der Waals surface area contributed by atoms with E-state index >= 15 is 0 Å². The van der Waals surface area contributed by atoms with Crippen molar-refractivity contribution in [1.29, 1.82) is 0 Å². The summed E-state index contributed by atoms with van der Waals surface area (Å²) in [5.74, 6) is 0.0292. The number of hydrogen-bond acceptors (Lipinski definition) is 6. The van der Waals surface area contributed by atoms with Gasteiger partial charge in [0.1, 0.15) is 6.10 Å². The van der Waals surface area contributed by atoms with Gasteiger partial charge < -0.3 is 19.5 Å². The Morgan fingerprint density at radius 1 is 0.519 bits per heavy atom. The quantitative estimate of drug-likeness (QED) is 0.0492. The van der Waals surface area contributed by atoms with Crippen LogP contribution in [0.1, 0.15) is 252 Å². The molecule has 0 bridgehead atoms. The molecule has 0 amide bonds. The lowest BCUT2D eigenvalue weighted by Gasteiger charge is -2.24. The zero-order valence-corrected chi connectivity index (χ0v) is 36.6. The third-order valence-electron chi connectivity index (χ3n) is 12.0. The lowest BCUT2D eigenvalue weighted by Crippen LogP contribution is -2.28. The van der Waals surface area contributed by atoms with Crippen molar-refractivity contribution in [1.82, 2.24) is 4.90 Å². The fourth-order valence-electron chi connectivity index (χ4n) is 8.13. The molecule has 0 unspecified atom stereocenters. The lowest BCUT2D eigenvalue weighted by molar-refractivity contribution is -0.150. The third kappa shape index (κ3) is 32.0. The van der Waals surface area contributed by atoms with E-state index < -0.39 is 0 Å². The van der Waals surface area contributed by atoms with Crippen LogP contribution >= 0.6 is 0 Å². The standard InChI is InChI=1S/C48H93NO5/c1-4-7-10-13-16-20-25-34-46(51)53-44-29-22-17-21-26-40-49(41-27-28-43-50)42-31-37-48(38-39-48)36-30-35-47(52)54-45(32-23-18-14-11-8-5-2)33-24-19-15-12-9-6-3/h45,50H,4-44H2,1-3H3. The van der Waals surface area contributed by atoms with Crippen LogP contribution in [0.5, 0.6) is 0 Å². The van der Waals surface area contributed by atoms with Crippen molar-refractivity contribution < 1.29 is 24.2 Å². The summed E-state index contributed by atoms with van der Waals surface area (Å²) in [6.45, 7) is 11.0. The number of carbonyl (C=O) groups excluding carboxylic acids is 2. The van der Waals surface area contributed by atoms with Gasteiger partial charge >= 0.3 is 11.9 Å². The number of aliphatic hydroxyl groups is 1. The molecule has 0 saturated heterocycles. The molecule has 0 spiro atoms. The molecule has 6 heteroatoms. The highest BCUT2D eigenvalue weighted by molar-refractivity contribution is 5.69. The summed E-state index contributed by atoms with van der Waals surface area (Å²) >= 11 is 0. The topological polar surface area (TPSA) is 76.1 Å². The average molecular weight is 764 g/mol. The zero-order chi connectivity index (χ0) is 39.2. The Morgan fingerprint density at radius 3 is 1.52 bits per heavy atom. The van der Waals surface area contributed by atoms with Crippen LogP contribution in [0.2, 0.25) is 0 Å². The van der Waals surface area contributed by atoms with Crippen LogP contribution < -0.4 is 0 Å². The zero-order valence-electron chi connectivity index (χ0n) is 36.6. The minimum absolute atomic E-state index is 0.0149. The molecule has 0 aromatic rings. The molecule has 0 aromatic carbocycles. The lowest BCUT2D eigenvalue weighted by atomic mass is 9.93. The van der Waals surface area contributed by atoms with Crippen molar-refractivity contribution in [2.24, 2.45) is 5.41 Å². The summed E-state index contributed by atoms with van der Waals surface area (Å²) in [5.41, 5.74) is 0.463. The van der Waals surface area contributed by atoms with Gasteiger partial charge in [-0.15, -0.1) is 0 Å². The number of hydrogen-bond donors (Lipinski definition) is 1. The van der Waals surface area contributed by atoms with Crippen LogP contribution in [0.25, 0.3) is 0 Å². The number of ether oxygens (including phenoxy) is 2. The maximum atomic E-state index is 13.0. The fraction of sp³-hybridized carbons (Fsp3) is 0.958. The van der Waals surface area contributed by atoms with E-state index in [4.69, 9.17) is 9.47 Å². The van der Waals surface area contributed by atoms with Gasteiger partial charge in [0, 0.05) is 19.4 Å². The molecule has 0 heterocycles. The summed E-state index contributed by atoms with van der Waals surface area (Å²) in [5, 5.41) is 9.35. The second kappa shape index (κ2) is 37.4. The largest absolute Gasteiger partial charge is 0.466 e. The Hall–Kier alpha value is -1.14. The van der Waals surface area contributed by atoms with Crippen LogP contribution in [0.4, 0.5) is 0 Å². The van der Waals surface area contributed by atoms with Crippen LogP contribution in [0.15, 0.2) is 0 Å². The smallest absolute Gasteiger partial charge is 0.306 e. The summed E-state index contributed by atoms with van der Waals surface area (Å²) in [7, 11) is 0. The van der Waals surface area contributed by atoms with Gasteiger partial charge in [0.05, 0.1) is 6.61 Å². The van der Waals surface area contributed by atoms with E-state index in [0.717, 1.165) is 77.4 Å². The molecule has 320 valence electrons. The Labute approximate surface area is 336 Å². The SMILES string of the molecule is CCCCCCCCCC(=O)OCCCCCCCN(CCCCO)CCCC1(CCCC(=O)OC(CCCCCCCC)CCCCCCCC)CC1. The normalized spacial score (nSPS) is 13.6. The van der Waals surface area contributed by atoms with E-state index in [1.165, 1.54) is 161 Å². The Balaban J connectivity index is 2.26. The maximum Gasteiger partial charge on any atom is 0.306 e. The Bertz CT molecular complexity index is 814. The molecule has 1 aliphatic rings. The number of aliphatic hydroxyl groups excluding tert-OH is 1. The Morgan fingerprint density at radius 2 is 0.963 bits per heavy atom. The van der Waals surface area contributed by atoms with Gasteiger partial charge in [-0.3, -0.25) is 9.59 Å². The first kappa shape index (κ1) is 50.9. The summed E-state index contributed by atoms with van der Waals surface area (Å²) in [4.78, 5) is 27.6. The predicted molar refractivity (Wildman–Crippen MR) is 230 cm³/mol. The highest BCUT2D eigenvalue weighted by Gasteiger charge is 2.41. The highest BCUT2D eigenvalue weighted by atomic mass is 16.5. The predicted octanol–water partition coefficient (Wildman–Crippen LogP) is 13.8. The molecule has 1 rings (SSSR count). The molecule has 0 aliphatic heterocycles. The van der Waals surface area contributed by atoms with E-state index in [0.29, 0.717) is 24.9 Å². The maximum absolute atomic E-state index is 13.0. The molecule has 54 heavy (non-hydrogen) atoms. The van der Waals surface area contributed by atoms with Gasteiger partial charge in [0.2, 0.25) is 0 Å². The van der Waals surface area contributed by atoms with Gasteiger partial charge in [-0.25, -0.2) is 0 Å². The molecule has 1 saturated carbocycles. The van der Waals surface area contributed by atoms with Gasteiger partial charge in [-0.2, -0.15) is 0 Å². The fourth-order valence-corrected chi connectivity index (χ4v) is 8.13. The first-order valence-corrected chi connectivity index (χ1v) is 24.2. The minimum atomic E-state index is -0.0149. The second-order valence-electron chi connectivity index (χ2n) is 17.3. The number of esters is 2. The van der Waals surface area contributed by atoms with Crippen LogP contribution in [-0.2, 0) is 19.1 Å². The average Bonchev–Trinajstić information content (AvgIpc) is 3.94. The molecule has 0 radical (unpaired) electrons. The monoisotopic (exact) mass is 764 g/mol. The molecule has 1 N–H and O–H groups in total. The van der Waals surface area contributed by atoms with Gasteiger partial charge in [-0.1, -0.05) is 143 Å². The minimum Gasteiger partial charge on any atom is -0.466 e. The first-order valence-electron chi connectivity index (χ1n) is 24.2. The van der Waals surface area contributed by atoms with E-state index in [-0.39, 0.29) is 24.6 Å². The molecule has 0 aromatic heterocycles. The molecule has 1 fully saturated rings. The summed E-state index contributed by atoms with van der Waals surface area (Å²) < 4.78 is 11.6. The molecular formula is C48H93NO5. The van der Waals surface area contributed by atoms with E-state index in [2.05, 4.69) is 25.7 Å². The van der Waals surface area contributed by atoms with E-state index in [1.807, 2.05) is 0 Å². The van der Waals surface area contributed by atoms with Crippen molar-refractivity contribution >= 4 is 11.9 Å². The second-order valence-corrected chi connectivity index (χ2v) is 17.3. The van der Waals surface area contributed by atoms with Crippen LogP contribution in [0.3, 0.4) is 0 Å². The summed E-state index contributed by atoms with van der Waals surface area (Å²) in [6, 6.07) is 0. The van der Waals surface area contributed by atoms with Crippen LogP contribution in [0, 0.1) is 5.41 Å². The molecule has 1 aliphatic carbocycles. The van der Waals surface area contributed by atoms with Gasteiger partial charge in [-0.05, 0) is 121 Å². The van der Waals surface area contributed by atoms with Crippen molar-refractivity contribution in [3.8, 4) is 0 Å². The van der Waals surface area contributed by atoms with Crippen molar-refractivity contribution in [2.75, 3.05) is 32.8 Å². The number of rotatable bonds is 43. The van der Waals surface area contributed by atoms with Crippen LogP contribution in [-0.4, -0.2) is 60.9 Å². The van der Waals surface area contributed by atoms with Crippen molar-refractivity contribution in [3.63, 3.8) is 0 Å². The van der Waals surface area contributed by atoms with Crippen molar-refractivity contribution in [3.05, 3.63) is 0 Å². The number of unbranched alkanes of at least 4 members (excludes halogenated alkanes) is 21. The number of carbonyl (C=O) groups is 2. The molecule has 6 nitrogen and oxygen atoms in total. The Kier molecular flexibility index (Phi) is 35.3.